The van der Waals surface area contributed by atoms with Crippen LogP contribution in [0.3, 0.4) is 0 Å². The molecule has 1 rings (SSSR count). The van der Waals surface area contributed by atoms with Gasteiger partial charge in [0.2, 0.25) is 0 Å². The lowest BCUT2D eigenvalue weighted by atomic mass is 9.09. The molecule has 0 unspecified atom stereocenters. The summed E-state index contributed by atoms with van der Waals surface area (Å²) in [5.74, 6) is 0. The van der Waals surface area contributed by atoms with Crippen LogP contribution in [-0.2, 0) is 0 Å². The van der Waals surface area contributed by atoms with E-state index in [2.05, 4.69) is 7.28 Å². The minimum absolute atomic E-state index is 0.509. The molecule has 21 valence electrons. The smallest absolute Gasteiger partial charge is 0.0912 e. The summed E-state index contributed by atoms with van der Waals surface area (Å²) in [5.41, 5.74) is 0. The second kappa shape index (κ2) is 1.12. The Morgan fingerprint density at radius 1 is 1.60 bits per heavy atom. The average Bonchev–Trinajstić information content (AvgIpc) is 1.30. The van der Waals surface area contributed by atoms with Gasteiger partial charge in [0.15, 0.2) is 0 Å². The van der Waals surface area contributed by atoms with Crippen molar-refractivity contribution in [2.24, 2.45) is 0 Å². The van der Waals surface area contributed by atoms with Gasteiger partial charge in [-0.2, -0.15) is 0 Å². The van der Waals surface area contributed by atoms with E-state index >= 15 is 0 Å². The van der Waals surface area contributed by atoms with Crippen LogP contribution >= 0.6 is 0 Å². The third-order valence-corrected chi connectivity index (χ3v) is 0.939. The molecule has 1 aliphatic rings. The lowest BCUT2D eigenvalue weighted by molar-refractivity contribution is 1.68. The van der Waals surface area contributed by atoms with E-state index in [4.69, 9.17) is 7.74 Å². The van der Waals surface area contributed by atoms with Crippen molar-refractivity contribution < 1.29 is 0 Å². The van der Waals surface area contributed by atoms with Gasteiger partial charge in [-0.1, -0.05) is 0 Å². The van der Waals surface area contributed by atoms with Crippen LogP contribution in [0.15, 0.2) is 0 Å². The Morgan fingerprint density at radius 2 is 2.00 bits per heavy atom. The summed E-state index contributed by atoms with van der Waals surface area (Å²) in [7, 11) is 7.55. The van der Waals surface area contributed by atoms with Gasteiger partial charge in [-0.25, -0.2) is 0 Å². The van der Waals surface area contributed by atoms with E-state index in [1.165, 1.54) is 0 Å². The van der Waals surface area contributed by atoms with E-state index in [0.29, 0.717) is 6.60 Å². The van der Waals surface area contributed by atoms with Crippen LogP contribution in [0.4, 0.5) is 0 Å². The van der Waals surface area contributed by atoms with Gasteiger partial charge >= 0.3 is 0 Å². The Balaban J connectivity index is 2.08. The topological polar surface area (TPSA) is 0 Å². The molecule has 3 radical (unpaired) electrons. The first kappa shape index (κ1) is 3.39. The Labute approximate surface area is 35.0 Å². The van der Waals surface area contributed by atoms with Crippen molar-refractivity contribution in [2.75, 3.05) is 0 Å². The van der Waals surface area contributed by atoms with E-state index in [1.54, 1.807) is 0 Å². The molecule has 0 aliphatic carbocycles. The quantitative estimate of drug-likeness (QED) is 0.339. The average molecular weight is 60.5 g/mol. The van der Waals surface area contributed by atoms with E-state index in [-0.39, 0.29) is 0 Å². The van der Waals surface area contributed by atoms with Gasteiger partial charge in [0, 0.05) is 7.74 Å². The molecule has 1 saturated heterocycles. The Morgan fingerprint density at radius 3 is 2.00 bits per heavy atom. The summed E-state index contributed by atoms with van der Waals surface area (Å²) in [6.45, 7) is 0.509. The highest BCUT2D eigenvalue weighted by Crippen LogP contribution is 2.04. The summed E-state index contributed by atoms with van der Waals surface area (Å²) in [6.07, 6.45) is 2.28. The van der Waals surface area contributed by atoms with E-state index in [0.717, 1.165) is 12.4 Å². The highest BCUT2D eigenvalue weighted by atomic mass is 13.6. The highest BCUT2D eigenvalue weighted by Gasteiger charge is 2.13. The molecule has 5 heavy (non-hydrogen) atoms. The third-order valence-electron chi connectivity index (χ3n) is 0.939. The van der Waals surface area contributed by atoms with Crippen LogP contribution in [0.5, 0.6) is 0 Å². The van der Waals surface area contributed by atoms with E-state index in [1.807, 2.05) is 0 Å². The molecule has 0 nitrogen and oxygen atoms in total. The third kappa shape index (κ3) is 0.527. The molecule has 1 heterocycles. The zero-order chi connectivity index (χ0) is 3.70. The first-order valence-electron chi connectivity index (χ1n) is 1.97. The molecule has 0 amide bonds. The summed E-state index contributed by atoms with van der Waals surface area (Å²) in [6, 6.07) is 0. The van der Waals surface area contributed by atoms with Crippen molar-refractivity contribution in [3.63, 3.8) is 0 Å². The van der Waals surface area contributed by atoms with Crippen LogP contribution in [0.1, 0.15) is 0 Å². The molecule has 0 aromatic heterocycles. The SMILES string of the molecule is [B]B1C[B]C1. The fourth-order valence-corrected chi connectivity index (χ4v) is 0.359. The second-order valence-corrected chi connectivity index (χ2v) is 1.52. The monoisotopic (exact) mass is 61.1 g/mol. The van der Waals surface area contributed by atoms with Crippen LogP contribution in [0, 0.1) is 0 Å². The molecule has 0 saturated carbocycles. The van der Waals surface area contributed by atoms with Crippen LogP contribution < -0.4 is 0 Å². The molecule has 0 aromatic rings. The maximum Gasteiger partial charge on any atom is 0.0912 e. The predicted molar refractivity (Wildman–Crippen MR) is 26.9 cm³/mol. The molecule has 0 bridgehead atoms. The fourth-order valence-electron chi connectivity index (χ4n) is 0.359. The van der Waals surface area contributed by atoms with E-state index in [9.17, 15) is 0 Å². The normalized spacial score (nSPS) is 20.4. The van der Waals surface area contributed by atoms with Crippen LogP contribution in [0.25, 0.3) is 0 Å². The molecular weight excluding hydrogens is 56.5 g/mol. The summed E-state index contributed by atoms with van der Waals surface area (Å²) in [4.78, 5) is 0. The van der Waals surface area contributed by atoms with Gasteiger partial charge in [0.1, 0.15) is 0 Å². The van der Waals surface area contributed by atoms with Crippen molar-refractivity contribution in [2.45, 2.75) is 12.4 Å². The highest BCUT2D eigenvalue weighted by molar-refractivity contribution is 7.14. The van der Waals surface area contributed by atoms with Crippen molar-refractivity contribution in [1.29, 1.82) is 0 Å². The van der Waals surface area contributed by atoms with Gasteiger partial charge in [-0.05, 0) is 0 Å². The molecule has 0 spiro atoms. The van der Waals surface area contributed by atoms with Gasteiger partial charge in [0.05, 0.1) is 13.9 Å². The molecule has 0 atom stereocenters. The molecule has 0 N–H and O–H groups in total. The summed E-state index contributed by atoms with van der Waals surface area (Å²) in [5, 5.41) is 0. The van der Waals surface area contributed by atoms with Crippen molar-refractivity contribution in [3.8, 4) is 0 Å². The fraction of sp³-hybridized carbons (Fsp3) is 1.00. The standard InChI is InChI=1S/C2H4B3/c3-5-1-4-2-5/h1-2H2. The molecule has 3 heteroatoms. The zero-order valence-electron chi connectivity index (χ0n) is 3.15. The number of rotatable bonds is 0. The molecule has 1 fully saturated rings. The summed E-state index contributed by atoms with van der Waals surface area (Å²) < 4.78 is 0. The maximum absolute atomic E-state index is 5.35. The molecule has 0 aromatic carbocycles. The Hall–Kier alpha value is 0.195. The lowest BCUT2D eigenvalue weighted by Crippen LogP contribution is -2.28. The predicted octanol–water partition coefficient (Wildman–Crippen LogP) is -0.221. The van der Waals surface area contributed by atoms with Crippen LogP contribution in [-0.4, -0.2) is 21.6 Å². The Kier molecular flexibility index (Phi) is 0.756. The maximum atomic E-state index is 5.35. The van der Waals surface area contributed by atoms with Crippen LogP contribution in [0.2, 0.25) is 12.4 Å². The van der Waals surface area contributed by atoms with Gasteiger partial charge in [-0.3, -0.25) is 0 Å². The van der Waals surface area contributed by atoms with Gasteiger partial charge < -0.3 is 0 Å². The largest absolute Gasteiger partial charge is 0.109 e. The van der Waals surface area contributed by atoms with E-state index < -0.39 is 0 Å². The number of hydrogen-bond donors (Lipinski definition) is 0. The van der Waals surface area contributed by atoms with Gasteiger partial charge in [0.25, 0.3) is 0 Å². The number of hydrogen-bond acceptors (Lipinski definition) is 0. The first-order chi connectivity index (χ1) is 2.39. The second-order valence-electron chi connectivity index (χ2n) is 1.52. The lowest BCUT2D eigenvalue weighted by Gasteiger charge is -2.14. The Bertz CT molecular complexity index is 31.9. The summed E-state index contributed by atoms with van der Waals surface area (Å²) >= 11 is 0. The van der Waals surface area contributed by atoms with Gasteiger partial charge in [-0.15, -0.1) is 12.4 Å². The minimum Gasteiger partial charge on any atom is -0.109 e. The zero-order valence-corrected chi connectivity index (χ0v) is 3.15. The van der Waals surface area contributed by atoms with Crippen molar-refractivity contribution in [1.82, 2.24) is 0 Å². The molecular formula is C2H4B3. The van der Waals surface area contributed by atoms with Crippen molar-refractivity contribution in [3.05, 3.63) is 0 Å². The molecule has 1 aliphatic heterocycles. The van der Waals surface area contributed by atoms with Crippen molar-refractivity contribution >= 4 is 21.6 Å². The first-order valence-corrected chi connectivity index (χ1v) is 1.97. The minimum atomic E-state index is 0.509.